The van der Waals surface area contributed by atoms with E-state index in [4.69, 9.17) is 0 Å². The van der Waals surface area contributed by atoms with Crippen LogP contribution in [0.1, 0.15) is 25.7 Å². The first-order chi connectivity index (χ1) is 9.78. The first kappa shape index (κ1) is 13.7. The van der Waals surface area contributed by atoms with Gasteiger partial charge in [0.1, 0.15) is 5.82 Å². The van der Waals surface area contributed by atoms with E-state index < -0.39 is 0 Å². The second-order valence-electron chi connectivity index (χ2n) is 5.88. The number of likely N-dealkylation sites (tertiary alicyclic amines) is 1. The molecular weight excluding hydrogens is 253 g/mol. The van der Waals surface area contributed by atoms with Crippen molar-refractivity contribution in [2.45, 2.75) is 31.7 Å². The normalized spacial score (nSPS) is 21.4. The van der Waals surface area contributed by atoms with E-state index in [0.29, 0.717) is 6.04 Å². The van der Waals surface area contributed by atoms with Crippen molar-refractivity contribution in [1.82, 2.24) is 4.90 Å². The molecule has 3 nitrogen and oxygen atoms in total. The van der Waals surface area contributed by atoms with Crippen LogP contribution in [-0.4, -0.2) is 44.2 Å². The summed E-state index contributed by atoms with van der Waals surface area (Å²) in [7, 11) is 1.82. The van der Waals surface area contributed by atoms with Gasteiger partial charge in [-0.05, 0) is 57.0 Å². The van der Waals surface area contributed by atoms with E-state index in [-0.39, 0.29) is 5.82 Å². The van der Waals surface area contributed by atoms with Crippen LogP contribution in [-0.2, 0) is 0 Å². The zero-order chi connectivity index (χ0) is 13.9. The molecule has 3 rings (SSSR count). The van der Waals surface area contributed by atoms with E-state index in [1.165, 1.54) is 25.9 Å². The van der Waals surface area contributed by atoms with E-state index in [1.807, 2.05) is 19.2 Å². The minimum Gasteiger partial charge on any atom is -0.388 e. The number of nitrogens with one attached hydrogen (secondary N) is 1. The highest BCUT2D eigenvalue weighted by molar-refractivity contribution is 5.56. The van der Waals surface area contributed by atoms with E-state index in [9.17, 15) is 4.39 Å². The lowest BCUT2D eigenvalue weighted by atomic mass is 10.0. The molecule has 1 N–H and O–H groups in total. The summed E-state index contributed by atoms with van der Waals surface area (Å²) >= 11 is 0. The van der Waals surface area contributed by atoms with Crippen LogP contribution < -0.4 is 10.2 Å². The van der Waals surface area contributed by atoms with Crippen molar-refractivity contribution in [2.75, 3.05) is 43.4 Å². The van der Waals surface area contributed by atoms with Gasteiger partial charge in [0.25, 0.3) is 0 Å². The third kappa shape index (κ3) is 2.75. The van der Waals surface area contributed by atoms with Crippen LogP contribution in [0.4, 0.5) is 15.8 Å². The molecule has 0 unspecified atom stereocenters. The minimum absolute atomic E-state index is 0.114. The Labute approximate surface area is 120 Å². The Morgan fingerprint density at radius 2 is 1.80 bits per heavy atom. The number of hydrogen-bond donors (Lipinski definition) is 1. The van der Waals surface area contributed by atoms with Gasteiger partial charge in [-0.2, -0.15) is 0 Å². The van der Waals surface area contributed by atoms with Crippen molar-refractivity contribution in [3.8, 4) is 0 Å². The Morgan fingerprint density at radius 3 is 2.40 bits per heavy atom. The molecule has 0 amide bonds. The molecule has 1 aromatic rings. The Morgan fingerprint density at radius 1 is 1.10 bits per heavy atom. The predicted octanol–water partition coefficient (Wildman–Crippen LogP) is 2.93. The van der Waals surface area contributed by atoms with Gasteiger partial charge in [0, 0.05) is 31.9 Å². The van der Waals surface area contributed by atoms with E-state index in [2.05, 4.69) is 15.1 Å². The standard InChI is InChI=1S/C16H24FN3/c1-18-13-4-5-16(15(17)12-13)20-10-6-14(7-11-20)19-8-2-3-9-19/h4-5,12,14,18H,2-3,6-11H2,1H3. The molecule has 4 heteroatoms. The Balaban J connectivity index is 1.62. The summed E-state index contributed by atoms with van der Waals surface area (Å²) in [5.41, 5.74) is 1.59. The van der Waals surface area contributed by atoms with Gasteiger partial charge in [-0.3, -0.25) is 0 Å². The Kier molecular flexibility index (Phi) is 4.10. The van der Waals surface area contributed by atoms with Crippen molar-refractivity contribution in [1.29, 1.82) is 0 Å². The molecule has 0 aliphatic carbocycles. The fraction of sp³-hybridized carbons (Fsp3) is 0.625. The summed E-state index contributed by atoms with van der Waals surface area (Å²) in [4.78, 5) is 4.82. The van der Waals surface area contributed by atoms with Crippen molar-refractivity contribution in [2.24, 2.45) is 0 Å². The summed E-state index contributed by atoms with van der Waals surface area (Å²) in [5.74, 6) is -0.114. The lowest BCUT2D eigenvalue weighted by Crippen LogP contribution is -2.44. The number of nitrogens with zero attached hydrogens (tertiary/aromatic N) is 2. The molecule has 2 heterocycles. The second kappa shape index (κ2) is 6.00. The van der Waals surface area contributed by atoms with Crippen molar-refractivity contribution in [3.05, 3.63) is 24.0 Å². The number of benzene rings is 1. The minimum atomic E-state index is -0.114. The van der Waals surface area contributed by atoms with Gasteiger partial charge in [-0.15, -0.1) is 0 Å². The number of rotatable bonds is 3. The van der Waals surface area contributed by atoms with Gasteiger partial charge in [0.05, 0.1) is 5.69 Å². The van der Waals surface area contributed by atoms with Crippen LogP contribution in [0.5, 0.6) is 0 Å². The van der Waals surface area contributed by atoms with Gasteiger partial charge in [-0.1, -0.05) is 0 Å². The highest BCUT2D eigenvalue weighted by Gasteiger charge is 2.27. The van der Waals surface area contributed by atoms with E-state index in [0.717, 1.165) is 37.3 Å². The highest BCUT2D eigenvalue weighted by Crippen LogP contribution is 2.28. The van der Waals surface area contributed by atoms with E-state index in [1.54, 1.807) is 6.07 Å². The fourth-order valence-corrected chi connectivity index (χ4v) is 3.50. The Bertz CT molecular complexity index is 449. The van der Waals surface area contributed by atoms with Crippen LogP contribution in [0.25, 0.3) is 0 Å². The van der Waals surface area contributed by atoms with Crippen LogP contribution in [0.15, 0.2) is 18.2 Å². The lowest BCUT2D eigenvalue weighted by Gasteiger charge is -2.37. The van der Waals surface area contributed by atoms with Gasteiger partial charge in [-0.25, -0.2) is 4.39 Å². The SMILES string of the molecule is CNc1ccc(N2CCC(N3CCCC3)CC2)c(F)c1. The number of anilines is 2. The maximum absolute atomic E-state index is 14.1. The second-order valence-corrected chi connectivity index (χ2v) is 5.88. The maximum Gasteiger partial charge on any atom is 0.148 e. The maximum atomic E-state index is 14.1. The average molecular weight is 277 g/mol. The predicted molar refractivity (Wildman–Crippen MR) is 82.0 cm³/mol. The summed E-state index contributed by atoms with van der Waals surface area (Å²) in [6.07, 6.45) is 5.01. The molecule has 110 valence electrons. The van der Waals surface area contributed by atoms with Crippen molar-refractivity contribution >= 4 is 11.4 Å². The van der Waals surface area contributed by atoms with Gasteiger partial charge < -0.3 is 15.1 Å². The third-order valence-corrected chi connectivity index (χ3v) is 4.70. The topological polar surface area (TPSA) is 18.5 Å². The summed E-state index contributed by atoms with van der Waals surface area (Å²) < 4.78 is 14.1. The summed E-state index contributed by atoms with van der Waals surface area (Å²) in [5, 5.41) is 2.98. The third-order valence-electron chi connectivity index (χ3n) is 4.70. The first-order valence-electron chi connectivity index (χ1n) is 7.74. The van der Waals surface area contributed by atoms with Crippen molar-refractivity contribution in [3.63, 3.8) is 0 Å². The molecule has 2 aliphatic rings. The molecule has 2 aliphatic heterocycles. The average Bonchev–Trinajstić information content (AvgIpc) is 3.01. The summed E-state index contributed by atoms with van der Waals surface area (Å²) in [6.45, 7) is 4.46. The van der Waals surface area contributed by atoms with Crippen LogP contribution in [0, 0.1) is 5.82 Å². The Hall–Kier alpha value is -1.29. The van der Waals surface area contributed by atoms with Crippen LogP contribution in [0.2, 0.25) is 0 Å². The lowest BCUT2D eigenvalue weighted by molar-refractivity contribution is 0.207. The molecule has 2 fully saturated rings. The zero-order valence-electron chi connectivity index (χ0n) is 12.2. The monoisotopic (exact) mass is 277 g/mol. The quantitative estimate of drug-likeness (QED) is 0.916. The zero-order valence-corrected chi connectivity index (χ0v) is 12.2. The number of piperidine rings is 1. The fourth-order valence-electron chi connectivity index (χ4n) is 3.50. The first-order valence-corrected chi connectivity index (χ1v) is 7.74. The smallest absolute Gasteiger partial charge is 0.148 e. The van der Waals surface area contributed by atoms with Crippen molar-refractivity contribution < 1.29 is 4.39 Å². The largest absolute Gasteiger partial charge is 0.388 e. The summed E-state index contributed by atoms with van der Waals surface area (Å²) in [6, 6.07) is 6.15. The molecule has 0 radical (unpaired) electrons. The van der Waals surface area contributed by atoms with Crippen LogP contribution >= 0.6 is 0 Å². The molecule has 20 heavy (non-hydrogen) atoms. The molecular formula is C16H24FN3. The molecule has 0 spiro atoms. The molecule has 0 aromatic heterocycles. The molecule has 0 atom stereocenters. The van der Waals surface area contributed by atoms with E-state index >= 15 is 0 Å². The van der Waals surface area contributed by atoms with Gasteiger partial charge in [0.15, 0.2) is 0 Å². The molecule has 1 aromatic carbocycles. The van der Waals surface area contributed by atoms with Gasteiger partial charge in [0.2, 0.25) is 0 Å². The highest BCUT2D eigenvalue weighted by atomic mass is 19.1. The van der Waals surface area contributed by atoms with Crippen LogP contribution in [0.3, 0.4) is 0 Å². The molecule has 0 saturated carbocycles. The number of halogens is 1. The molecule has 2 saturated heterocycles. The molecule has 0 bridgehead atoms. The number of hydrogen-bond acceptors (Lipinski definition) is 3. The van der Waals surface area contributed by atoms with Gasteiger partial charge >= 0.3 is 0 Å².